The van der Waals surface area contributed by atoms with Gasteiger partial charge >= 0.3 is 0 Å². The quantitative estimate of drug-likeness (QED) is 0.906. The molecule has 0 bridgehead atoms. The van der Waals surface area contributed by atoms with E-state index in [9.17, 15) is 4.79 Å². The Kier molecular flexibility index (Phi) is 5.47. The van der Waals surface area contributed by atoms with Crippen LogP contribution in [0, 0.1) is 5.92 Å². The fourth-order valence-electron chi connectivity index (χ4n) is 2.91. The van der Waals surface area contributed by atoms with Gasteiger partial charge in [0.15, 0.2) is 0 Å². The molecule has 2 fully saturated rings. The summed E-state index contributed by atoms with van der Waals surface area (Å²) >= 11 is 1.81. The van der Waals surface area contributed by atoms with Crippen LogP contribution in [0.25, 0.3) is 0 Å². The van der Waals surface area contributed by atoms with E-state index in [0.29, 0.717) is 18.5 Å². The Labute approximate surface area is 131 Å². The molecule has 0 aromatic carbocycles. The van der Waals surface area contributed by atoms with Crippen molar-refractivity contribution < 1.29 is 4.79 Å². The molecule has 112 valence electrons. The van der Waals surface area contributed by atoms with Crippen LogP contribution in [-0.4, -0.2) is 36.5 Å². The van der Waals surface area contributed by atoms with Crippen LogP contribution >= 0.6 is 23.7 Å². The Morgan fingerprint density at radius 1 is 1.50 bits per heavy atom. The fraction of sp³-hybridized carbons (Fsp3) is 0.667. The zero-order valence-corrected chi connectivity index (χ0v) is 13.5. The molecule has 2 heterocycles. The summed E-state index contributed by atoms with van der Waals surface area (Å²) in [5.41, 5.74) is 0. The Morgan fingerprint density at radius 2 is 2.30 bits per heavy atom. The summed E-state index contributed by atoms with van der Waals surface area (Å²) in [4.78, 5) is 15.7. The number of likely N-dealkylation sites (tertiary alicyclic amines) is 1. The highest BCUT2D eigenvalue weighted by atomic mass is 35.5. The third-order valence-corrected chi connectivity index (χ3v) is 5.28. The lowest BCUT2D eigenvalue weighted by Gasteiger charge is -2.21. The van der Waals surface area contributed by atoms with E-state index in [1.807, 2.05) is 11.3 Å². The molecule has 1 saturated heterocycles. The summed E-state index contributed by atoms with van der Waals surface area (Å²) < 4.78 is 0. The van der Waals surface area contributed by atoms with E-state index >= 15 is 0 Å². The van der Waals surface area contributed by atoms with E-state index < -0.39 is 0 Å². The number of carbonyl (C=O) groups is 1. The molecular weight excluding hydrogens is 292 g/mol. The molecule has 0 spiro atoms. The first-order chi connectivity index (χ1) is 9.24. The Balaban J connectivity index is 0.00000147. The normalized spacial score (nSPS) is 25.6. The van der Waals surface area contributed by atoms with Gasteiger partial charge in [-0.1, -0.05) is 6.07 Å². The number of nitrogens with zero attached hydrogens (tertiary/aromatic N) is 1. The first-order valence-electron chi connectivity index (χ1n) is 7.27. The van der Waals surface area contributed by atoms with Gasteiger partial charge in [0, 0.05) is 23.4 Å². The van der Waals surface area contributed by atoms with Crippen molar-refractivity contribution in [2.75, 3.05) is 19.6 Å². The standard InChI is InChI=1S/C15H22N2OS.ClH/c1-11-7-13(14-3-2-6-19-14)10-17(11)15(18)9-16-8-12-4-5-12;/h2-3,6,11-13,16H,4-5,7-10H2,1H3;1H. The van der Waals surface area contributed by atoms with Crippen LogP contribution in [0.4, 0.5) is 0 Å². The second kappa shape index (κ2) is 6.92. The predicted octanol–water partition coefficient (Wildman–Crippen LogP) is 2.87. The van der Waals surface area contributed by atoms with Gasteiger partial charge in [-0.15, -0.1) is 23.7 Å². The van der Waals surface area contributed by atoms with Gasteiger partial charge in [-0.2, -0.15) is 0 Å². The third kappa shape index (κ3) is 3.74. The van der Waals surface area contributed by atoms with Crippen molar-refractivity contribution in [1.82, 2.24) is 10.2 Å². The van der Waals surface area contributed by atoms with Crippen molar-refractivity contribution >= 4 is 29.7 Å². The van der Waals surface area contributed by atoms with Crippen LogP contribution in [0.1, 0.15) is 37.0 Å². The summed E-state index contributed by atoms with van der Waals surface area (Å²) in [5.74, 6) is 1.65. The maximum atomic E-state index is 12.2. The zero-order valence-electron chi connectivity index (χ0n) is 11.9. The molecule has 1 aliphatic carbocycles. The molecule has 2 atom stereocenters. The van der Waals surface area contributed by atoms with Crippen LogP contribution in [-0.2, 0) is 4.79 Å². The van der Waals surface area contributed by atoms with Gasteiger partial charge in [0.25, 0.3) is 0 Å². The molecule has 5 heteroatoms. The van der Waals surface area contributed by atoms with E-state index in [-0.39, 0.29) is 18.3 Å². The van der Waals surface area contributed by atoms with Crippen molar-refractivity contribution in [3.63, 3.8) is 0 Å². The second-order valence-corrected chi connectivity index (χ2v) is 6.90. The molecule has 1 aromatic rings. The maximum absolute atomic E-state index is 12.2. The molecule has 1 saturated carbocycles. The van der Waals surface area contributed by atoms with Gasteiger partial charge in [0.05, 0.1) is 6.54 Å². The monoisotopic (exact) mass is 314 g/mol. The number of thiophene rings is 1. The highest BCUT2D eigenvalue weighted by molar-refractivity contribution is 7.10. The highest BCUT2D eigenvalue weighted by Crippen LogP contribution is 2.34. The second-order valence-electron chi connectivity index (χ2n) is 5.92. The lowest BCUT2D eigenvalue weighted by atomic mass is 10.1. The van der Waals surface area contributed by atoms with Crippen molar-refractivity contribution in [2.24, 2.45) is 5.92 Å². The number of carbonyl (C=O) groups excluding carboxylic acids is 1. The summed E-state index contributed by atoms with van der Waals surface area (Å²) in [6, 6.07) is 4.68. The smallest absolute Gasteiger partial charge is 0.236 e. The molecule has 2 unspecified atom stereocenters. The van der Waals surface area contributed by atoms with Gasteiger partial charge in [-0.3, -0.25) is 4.79 Å². The van der Waals surface area contributed by atoms with E-state index in [1.54, 1.807) is 0 Å². The summed E-state index contributed by atoms with van der Waals surface area (Å²) in [7, 11) is 0. The predicted molar refractivity (Wildman–Crippen MR) is 85.7 cm³/mol. The maximum Gasteiger partial charge on any atom is 0.236 e. The fourth-order valence-corrected chi connectivity index (χ4v) is 3.75. The number of rotatable bonds is 5. The number of halogens is 1. The lowest BCUT2D eigenvalue weighted by molar-refractivity contribution is -0.130. The molecule has 1 aliphatic heterocycles. The van der Waals surface area contributed by atoms with E-state index in [2.05, 4.69) is 34.7 Å². The van der Waals surface area contributed by atoms with Crippen LogP contribution in [0.5, 0.6) is 0 Å². The highest BCUT2D eigenvalue weighted by Gasteiger charge is 2.33. The van der Waals surface area contributed by atoms with Crippen molar-refractivity contribution in [3.8, 4) is 0 Å². The third-order valence-electron chi connectivity index (χ3n) is 4.25. The number of amides is 1. The van der Waals surface area contributed by atoms with E-state index in [1.165, 1.54) is 17.7 Å². The topological polar surface area (TPSA) is 32.3 Å². The Morgan fingerprint density at radius 3 is 2.95 bits per heavy atom. The van der Waals surface area contributed by atoms with E-state index in [0.717, 1.165) is 25.4 Å². The minimum absolute atomic E-state index is 0. The van der Waals surface area contributed by atoms with Gasteiger partial charge in [-0.05, 0) is 50.1 Å². The molecule has 1 amide bonds. The van der Waals surface area contributed by atoms with Crippen LogP contribution in [0.2, 0.25) is 0 Å². The molecule has 20 heavy (non-hydrogen) atoms. The first kappa shape index (κ1) is 15.8. The van der Waals surface area contributed by atoms with Crippen LogP contribution in [0.3, 0.4) is 0 Å². The number of hydrogen-bond donors (Lipinski definition) is 1. The SMILES string of the molecule is CC1CC(c2cccs2)CN1C(=O)CNCC1CC1.Cl. The molecule has 3 nitrogen and oxygen atoms in total. The summed E-state index contributed by atoms with van der Waals surface area (Å²) in [6.07, 6.45) is 3.78. The molecule has 1 aromatic heterocycles. The molecule has 3 rings (SSSR count). The van der Waals surface area contributed by atoms with Gasteiger partial charge < -0.3 is 10.2 Å². The van der Waals surface area contributed by atoms with Crippen molar-refractivity contribution in [1.29, 1.82) is 0 Å². The summed E-state index contributed by atoms with van der Waals surface area (Å²) in [5, 5.41) is 5.43. The van der Waals surface area contributed by atoms with Gasteiger partial charge in [0.2, 0.25) is 5.91 Å². The number of nitrogens with one attached hydrogen (secondary N) is 1. The minimum atomic E-state index is 0. The average Bonchev–Trinajstić information content (AvgIpc) is 2.91. The zero-order chi connectivity index (χ0) is 13.2. The molecule has 1 N–H and O–H groups in total. The molecular formula is C15H23ClN2OS. The first-order valence-corrected chi connectivity index (χ1v) is 8.15. The Hall–Kier alpha value is -0.580. The van der Waals surface area contributed by atoms with Crippen molar-refractivity contribution in [3.05, 3.63) is 22.4 Å². The lowest BCUT2D eigenvalue weighted by Crippen LogP contribution is -2.40. The molecule has 0 radical (unpaired) electrons. The van der Waals surface area contributed by atoms with E-state index in [4.69, 9.17) is 0 Å². The van der Waals surface area contributed by atoms with Gasteiger partial charge in [-0.25, -0.2) is 0 Å². The summed E-state index contributed by atoms with van der Waals surface area (Å²) in [6.45, 7) is 4.60. The van der Waals surface area contributed by atoms with Gasteiger partial charge in [0.1, 0.15) is 0 Å². The molecule has 2 aliphatic rings. The van der Waals surface area contributed by atoms with Crippen LogP contribution < -0.4 is 5.32 Å². The van der Waals surface area contributed by atoms with Crippen molar-refractivity contribution in [2.45, 2.75) is 38.1 Å². The minimum Gasteiger partial charge on any atom is -0.338 e. The average molecular weight is 315 g/mol. The number of hydrogen-bond acceptors (Lipinski definition) is 3. The Bertz CT molecular complexity index is 433. The largest absolute Gasteiger partial charge is 0.338 e. The van der Waals surface area contributed by atoms with Crippen LogP contribution in [0.15, 0.2) is 17.5 Å².